The highest BCUT2D eigenvalue weighted by molar-refractivity contribution is 7.89. The number of sulfonamides is 1. The Morgan fingerprint density at radius 2 is 2.09 bits per heavy atom. The highest BCUT2D eigenvalue weighted by atomic mass is 32.2. The van der Waals surface area contributed by atoms with E-state index in [0.29, 0.717) is 49.6 Å². The van der Waals surface area contributed by atoms with Crippen LogP contribution in [0.3, 0.4) is 0 Å². The zero-order valence-corrected chi connectivity index (χ0v) is 20.4. The average molecular weight is 512 g/mol. The number of anilines is 1. The topological polar surface area (TPSA) is 113 Å². The first-order valence-corrected chi connectivity index (χ1v) is 13.0. The summed E-state index contributed by atoms with van der Waals surface area (Å²) in [6, 6.07) is 6.06. The highest BCUT2D eigenvalue weighted by Gasteiger charge is 2.33. The lowest BCUT2D eigenvalue weighted by atomic mass is 10.1. The molecule has 2 aliphatic rings. The molecule has 2 aromatic rings. The summed E-state index contributed by atoms with van der Waals surface area (Å²) in [5.41, 5.74) is 0.264. The van der Waals surface area contributed by atoms with E-state index < -0.39 is 21.1 Å². The Morgan fingerprint density at radius 1 is 1.32 bits per heavy atom. The maximum atomic E-state index is 13.3. The third kappa shape index (κ3) is 5.61. The number of thiazole rings is 1. The number of amides is 1. The Hall–Kier alpha value is -2.45. The maximum Gasteiger partial charge on any atom is 0.280 e. The van der Waals surface area contributed by atoms with Crippen molar-refractivity contribution in [1.82, 2.24) is 14.2 Å². The molecule has 0 bridgehead atoms. The van der Waals surface area contributed by atoms with Gasteiger partial charge >= 0.3 is 0 Å². The van der Waals surface area contributed by atoms with Crippen LogP contribution in [0.1, 0.15) is 18.4 Å². The van der Waals surface area contributed by atoms with Gasteiger partial charge in [-0.25, -0.2) is 13.4 Å². The Bertz CT molecular complexity index is 1150. The Kier molecular flexibility index (Phi) is 7.57. The van der Waals surface area contributed by atoms with Crippen molar-refractivity contribution in [3.63, 3.8) is 0 Å². The van der Waals surface area contributed by atoms with E-state index in [1.54, 1.807) is 0 Å². The van der Waals surface area contributed by atoms with E-state index in [2.05, 4.69) is 15.5 Å². The second-order valence-electron chi connectivity index (χ2n) is 8.25. The molecule has 2 aliphatic heterocycles. The fraction of sp³-hybridized carbons (Fsp3) is 0.476. The molecule has 1 aromatic heterocycles. The summed E-state index contributed by atoms with van der Waals surface area (Å²) >= 11 is 0.680. The summed E-state index contributed by atoms with van der Waals surface area (Å²) in [5.74, 6) is -0.655. The van der Waals surface area contributed by atoms with Crippen molar-refractivity contribution in [2.24, 2.45) is 5.16 Å². The summed E-state index contributed by atoms with van der Waals surface area (Å²) in [6.07, 6.45) is 2.11. The number of carbonyl (C=O) groups is 1. The van der Waals surface area contributed by atoms with Gasteiger partial charge in [-0.2, -0.15) is 8.70 Å². The highest BCUT2D eigenvalue weighted by Crippen LogP contribution is 2.24. The van der Waals surface area contributed by atoms with Crippen molar-refractivity contribution in [2.75, 3.05) is 45.7 Å². The maximum absolute atomic E-state index is 13.3. The molecule has 2 saturated heterocycles. The van der Waals surface area contributed by atoms with Crippen LogP contribution in [-0.2, 0) is 24.4 Å². The minimum absolute atomic E-state index is 0.0723. The molecule has 0 unspecified atom stereocenters. The lowest BCUT2D eigenvalue weighted by Crippen LogP contribution is -2.34. The standard InChI is InChI=1S/C21H26FN5O5S2/c1-26(2)15-7-9-27(12-15)34(29,30)17-5-3-14(4-6-17)19(25-32-16-8-10-31-13-16)20(28)24-21-23-11-18(22)33-21/h3-6,11,15-16H,7-10,12-13H2,1-2H3,(H,23,24,28)/b25-19+/t15-,16+/m0/s1. The van der Waals surface area contributed by atoms with E-state index in [0.717, 1.165) is 12.6 Å². The Morgan fingerprint density at radius 3 is 2.68 bits per heavy atom. The number of nitrogens with zero attached hydrogens (tertiary/aromatic N) is 4. The van der Waals surface area contributed by atoms with Gasteiger partial charge in [0, 0.05) is 31.1 Å². The van der Waals surface area contributed by atoms with E-state index in [-0.39, 0.29) is 27.9 Å². The van der Waals surface area contributed by atoms with Crippen LogP contribution in [-0.4, -0.2) is 86.8 Å². The fourth-order valence-electron chi connectivity index (χ4n) is 3.70. The number of carbonyl (C=O) groups excluding carboxylic acids is 1. The van der Waals surface area contributed by atoms with Gasteiger partial charge in [0.05, 0.1) is 24.3 Å². The number of hydrogen-bond acceptors (Lipinski definition) is 9. The van der Waals surface area contributed by atoms with Gasteiger partial charge in [-0.05, 0) is 32.6 Å². The summed E-state index contributed by atoms with van der Waals surface area (Å²) in [7, 11) is 0.193. The lowest BCUT2D eigenvalue weighted by molar-refractivity contribution is -0.110. The van der Waals surface area contributed by atoms with Crippen LogP contribution in [0.25, 0.3) is 0 Å². The van der Waals surface area contributed by atoms with Gasteiger partial charge in [0.2, 0.25) is 10.0 Å². The molecule has 2 atom stereocenters. The molecule has 1 amide bonds. The number of nitrogens with one attached hydrogen (secondary N) is 1. The molecule has 4 rings (SSSR count). The SMILES string of the molecule is CN(C)[C@H]1CCN(S(=O)(=O)c2ccc(/C(=N\O[C@@H]3CCOC3)C(=O)Nc3ncc(F)s3)cc2)C1. The molecule has 0 saturated carbocycles. The molecule has 0 aliphatic carbocycles. The molecule has 10 nitrogen and oxygen atoms in total. The van der Waals surface area contributed by atoms with Crippen molar-refractivity contribution in [3.8, 4) is 0 Å². The normalized spacial score (nSPS) is 21.8. The molecule has 0 radical (unpaired) electrons. The van der Waals surface area contributed by atoms with Crippen molar-refractivity contribution < 1.29 is 27.2 Å². The van der Waals surface area contributed by atoms with E-state index >= 15 is 0 Å². The monoisotopic (exact) mass is 511 g/mol. The number of hydrogen-bond donors (Lipinski definition) is 1. The van der Waals surface area contributed by atoms with Gasteiger partial charge in [-0.3, -0.25) is 10.1 Å². The summed E-state index contributed by atoms with van der Waals surface area (Å²) in [6.45, 7) is 1.77. The van der Waals surface area contributed by atoms with Gasteiger partial charge in [0.25, 0.3) is 5.91 Å². The molecule has 1 aromatic carbocycles. The molecular formula is C21H26FN5O5S2. The zero-order chi connectivity index (χ0) is 24.3. The van der Waals surface area contributed by atoms with Gasteiger partial charge in [-0.1, -0.05) is 28.6 Å². The first-order valence-electron chi connectivity index (χ1n) is 10.8. The van der Waals surface area contributed by atoms with Crippen LogP contribution in [0.4, 0.5) is 9.52 Å². The number of oxime groups is 1. The minimum Gasteiger partial charge on any atom is -0.389 e. The molecule has 184 valence electrons. The molecule has 13 heteroatoms. The number of benzene rings is 1. The number of ether oxygens (including phenoxy) is 1. The van der Waals surface area contributed by atoms with Crippen LogP contribution in [0.15, 0.2) is 40.5 Å². The van der Waals surface area contributed by atoms with E-state index in [1.807, 2.05) is 19.0 Å². The van der Waals surface area contributed by atoms with Crippen molar-refractivity contribution in [1.29, 1.82) is 0 Å². The molecule has 34 heavy (non-hydrogen) atoms. The molecule has 3 heterocycles. The molecule has 1 N–H and O–H groups in total. The first kappa shape index (κ1) is 24.7. The lowest BCUT2D eigenvalue weighted by Gasteiger charge is -2.20. The quantitative estimate of drug-likeness (QED) is 0.424. The summed E-state index contributed by atoms with van der Waals surface area (Å²) in [4.78, 5) is 24.3. The number of aromatic nitrogens is 1. The van der Waals surface area contributed by atoms with Crippen LogP contribution >= 0.6 is 11.3 Å². The summed E-state index contributed by atoms with van der Waals surface area (Å²) < 4.78 is 46.2. The van der Waals surface area contributed by atoms with Crippen LogP contribution in [0, 0.1) is 5.13 Å². The average Bonchev–Trinajstić information content (AvgIpc) is 3.57. The third-order valence-corrected chi connectivity index (χ3v) is 8.30. The van der Waals surface area contributed by atoms with Gasteiger partial charge < -0.3 is 14.5 Å². The van der Waals surface area contributed by atoms with Gasteiger partial charge in [0.15, 0.2) is 22.1 Å². The zero-order valence-electron chi connectivity index (χ0n) is 18.8. The van der Waals surface area contributed by atoms with Gasteiger partial charge in [0.1, 0.15) is 0 Å². The predicted molar refractivity (Wildman–Crippen MR) is 125 cm³/mol. The fourth-order valence-corrected chi connectivity index (χ4v) is 5.73. The number of halogens is 1. The minimum atomic E-state index is -3.67. The summed E-state index contributed by atoms with van der Waals surface area (Å²) in [5, 5.41) is 6.05. The molecule has 2 fully saturated rings. The number of likely N-dealkylation sites (N-methyl/N-ethyl adjacent to an activating group) is 1. The second kappa shape index (κ2) is 10.4. The predicted octanol–water partition coefficient (Wildman–Crippen LogP) is 1.76. The third-order valence-electron chi connectivity index (χ3n) is 5.72. The van der Waals surface area contributed by atoms with Crippen molar-refractivity contribution >= 4 is 38.1 Å². The van der Waals surface area contributed by atoms with Crippen LogP contribution in [0.5, 0.6) is 0 Å². The molecule has 0 spiro atoms. The Balaban J connectivity index is 1.55. The largest absolute Gasteiger partial charge is 0.389 e. The molecular weight excluding hydrogens is 485 g/mol. The van der Waals surface area contributed by atoms with Crippen molar-refractivity contribution in [2.45, 2.75) is 29.9 Å². The second-order valence-corrected chi connectivity index (χ2v) is 11.2. The van der Waals surface area contributed by atoms with Gasteiger partial charge in [-0.15, -0.1) is 0 Å². The Labute approximate surface area is 201 Å². The van der Waals surface area contributed by atoms with Crippen molar-refractivity contribution in [3.05, 3.63) is 41.2 Å². The number of rotatable bonds is 8. The smallest absolute Gasteiger partial charge is 0.280 e. The van der Waals surface area contributed by atoms with Crippen LogP contribution < -0.4 is 5.32 Å². The first-order chi connectivity index (χ1) is 16.2. The van der Waals surface area contributed by atoms with E-state index in [4.69, 9.17) is 9.57 Å². The van der Waals surface area contributed by atoms with Crippen LogP contribution in [0.2, 0.25) is 0 Å². The van der Waals surface area contributed by atoms with E-state index in [9.17, 15) is 17.6 Å². The van der Waals surface area contributed by atoms with E-state index in [1.165, 1.54) is 28.6 Å².